The molecule has 0 saturated carbocycles. The highest BCUT2D eigenvalue weighted by Gasteiger charge is 2.19. The molecule has 53 heavy (non-hydrogen) atoms. The summed E-state index contributed by atoms with van der Waals surface area (Å²) in [4.78, 5) is 47.7. The van der Waals surface area contributed by atoms with Crippen molar-refractivity contribution in [1.82, 2.24) is 10.6 Å². The Morgan fingerprint density at radius 1 is 0.585 bits per heavy atom. The van der Waals surface area contributed by atoms with Gasteiger partial charge in [-0.2, -0.15) is 0 Å². The van der Waals surface area contributed by atoms with E-state index in [0.717, 1.165) is 51.4 Å². The van der Waals surface area contributed by atoms with Crippen molar-refractivity contribution >= 4 is 23.8 Å². The van der Waals surface area contributed by atoms with Crippen LogP contribution in [0.2, 0.25) is 0 Å². The van der Waals surface area contributed by atoms with Crippen LogP contribution in [0.4, 0.5) is 0 Å². The summed E-state index contributed by atoms with van der Waals surface area (Å²) >= 11 is 0. The van der Waals surface area contributed by atoms with Crippen LogP contribution in [-0.4, -0.2) is 59.3 Å². The molecule has 2 atom stereocenters. The van der Waals surface area contributed by atoms with Crippen molar-refractivity contribution in [2.75, 3.05) is 13.2 Å². The molecule has 0 rings (SSSR count). The number of amides is 2. The first-order valence-electron chi connectivity index (χ1n) is 20.7. The average molecular weight is 743 g/mol. The standard InChI is InChI=1S/C44H74N2O7/c1-3-5-7-9-11-13-15-17-19-21-23-25-27-29-33-39(34-31-32-35-41(48)45-37-42(49)46-40(38-47)44(51)52)53-43(50)36-30-28-26-24-22-20-18-16-14-12-10-8-6-4-2/h5,7,11,13,17,19,23,25,29,33,39-40,47H,3-4,6,8-10,12,14-16,18,20-22,24,26-28,30-32,34-38H2,1-2H3,(H,45,48)(H,46,49)(H,51,52)/b7-5-,13-11-,19-17-,25-23-,33-29-. The summed E-state index contributed by atoms with van der Waals surface area (Å²) in [7, 11) is 0. The van der Waals surface area contributed by atoms with Crippen molar-refractivity contribution in [3.05, 3.63) is 60.8 Å². The van der Waals surface area contributed by atoms with E-state index in [1.165, 1.54) is 70.6 Å². The molecule has 0 saturated heterocycles. The molecule has 0 bridgehead atoms. The summed E-state index contributed by atoms with van der Waals surface area (Å²) in [6.45, 7) is 3.28. The fraction of sp³-hybridized carbons (Fsp3) is 0.682. The maximum atomic E-state index is 12.7. The number of hydrogen-bond acceptors (Lipinski definition) is 6. The van der Waals surface area contributed by atoms with Gasteiger partial charge in [-0.25, -0.2) is 4.79 Å². The van der Waals surface area contributed by atoms with E-state index in [4.69, 9.17) is 14.9 Å². The SMILES string of the molecule is CC/C=C\C/C=C\C/C=C\C/C=C\C/C=C\C(CCCCC(=O)NCC(=O)NC(CO)C(=O)O)OC(=O)CCCCCCCCCCCCCCCC. The molecular weight excluding hydrogens is 668 g/mol. The molecule has 0 fully saturated rings. The number of rotatable bonds is 36. The number of hydrogen-bond donors (Lipinski definition) is 4. The number of unbranched alkanes of at least 4 members (excludes halogenated alkanes) is 14. The van der Waals surface area contributed by atoms with E-state index in [2.05, 4.69) is 73.1 Å². The van der Waals surface area contributed by atoms with Crippen molar-refractivity contribution in [1.29, 1.82) is 0 Å². The van der Waals surface area contributed by atoms with Gasteiger partial charge in [-0.05, 0) is 63.9 Å². The first kappa shape index (κ1) is 49.5. The molecule has 9 nitrogen and oxygen atoms in total. The molecule has 2 amide bonds. The highest BCUT2D eigenvalue weighted by Crippen LogP contribution is 2.15. The molecule has 0 aliphatic carbocycles. The predicted octanol–water partition coefficient (Wildman–Crippen LogP) is 9.76. The zero-order valence-electron chi connectivity index (χ0n) is 33.2. The molecule has 302 valence electrons. The molecular formula is C44H74N2O7. The van der Waals surface area contributed by atoms with Gasteiger partial charge in [0.15, 0.2) is 0 Å². The van der Waals surface area contributed by atoms with Gasteiger partial charge in [0.05, 0.1) is 13.2 Å². The predicted molar refractivity (Wildman–Crippen MR) is 217 cm³/mol. The molecule has 0 spiro atoms. The number of aliphatic hydroxyl groups excluding tert-OH is 1. The first-order valence-corrected chi connectivity index (χ1v) is 20.7. The van der Waals surface area contributed by atoms with Crippen molar-refractivity contribution in [3.63, 3.8) is 0 Å². The van der Waals surface area contributed by atoms with E-state index >= 15 is 0 Å². The fourth-order valence-electron chi connectivity index (χ4n) is 5.60. The lowest BCUT2D eigenvalue weighted by Gasteiger charge is -2.15. The van der Waals surface area contributed by atoms with E-state index in [-0.39, 0.29) is 30.9 Å². The van der Waals surface area contributed by atoms with Crippen LogP contribution in [0.15, 0.2) is 60.8 Å². The summed E-state index contributed by atoms with van der Waals surface area (Å²) in [6, 6.07) is -1.41. The van der Waals surface area contributed by atoms with Gasteiger partial charge in [-0.1, -0.05) is 152 Å². The number of aliphatic carboxylic acids is 1. The molecule has 0 aromatic carbocycles. The Labute approximate surface area is 321 Å². The Morgan fingerprint density at radius 3 is 1.55 bits per heavy atom. The lowest BCUT2D eigenvalue weighted by Crippen LogP contribution is -2.47. The Kier molecular flexibility index (Phi) is 35.8. The zero-order valence-corrected chi connectivity index (χ0v) is 33.2. The van der Waals surface area contributed by atoms with Crippen LogP contribution in [0.5, 0.6) is 0 Å². The van der Waals surface area contributed by atoms with Crippen LogP contribution in [0.25, 0.3) is 0 Å². The van der Waals surface area contributed by atoms with Gasteiger partial charge in [-0.3, -0.25) is 14.4 Å². The van der Waals surface area contributed by atoms with E-state index in [1.807, 2.05) is 12.2 Å². The van der Waals surface area contributed by atoms with Gasteiger partial charge < -0.3 is 25.6 Å². The molecule has 0 radical (unpaired) electrons. The van der Waals surface area contributed by atoms with Crippen LogP contribution in [-0.2, 0) is 23.9 Å². The monoisotopic (exact) mass is 743 g/mol. The van der Waals surface area contributed by atoms with Crippen LogP contribution < -0.4 is 10.6 Å². The van der Waals surface area contributed by atoms with Gasteiger partial charge in [0, 0.05) is 12.8 Å². The first-order chi connectivity index (χ1) is 25.8. The Bertz CT molecular complexity index is 1080. The second-order valence-electron chi connectivity index (χ2n) is 13.7. The Hall–Kier alpha value is -3.46. The molecule has 0 aliphatic rings. The summed E-state index contributed by atoms with van der Waals surface area (Å²) in [6.07, 6.45) is 45.4. The number of allylic oxidation sites excluding steroid dienone is 9. The van der Waals surface area contributed by atoms with Gasteiger partial charge in [0.2, 0.25) is 11.8 Å². The topological polar surface area (TPSA) is 142 Å². The number of carboxylic acids is 1. The molecule has 0 aromatic heterocycles. The highest BCUT2D eigenvalue weighted by molar-refractivity contribution is 5.87. The van der Waals surface area contributed by atoms with Gasteiger partial charge >= 0.3 is 11.9 Å². The highest BCUT2D eigenvalue weighted by atomic mass is 16.5. The third-order valence-electron chi connectivity index (χ3n) is 8.76. The number of carboxylic acid groups (broad SMARTS) is 1. The molecule has 0 aromatic rings. The zero-order chi connectivity index (χ0) is 39.0. The summed E-state index contributed by atoms with van der Waals surface area (Å²) in [5.41, 5.74) is 0. The van der Waals surface area contributed by atoms with E-state index in [9.17, 15) is 19.2 Å². The van der Waals surface area contributed by atoms with Crippen molar-refractivity contribution in [3.8, 4) is 0 Å². The lowest BCUT2D eigenvalue weighted by molar-refractivity contribution is -0.147. The number of carbonyl (C=O) groups is 4. The van der Waals surface area contributed by atoms with Gasteiger partial charge in [0.25, 0.3) is 0 Å². The Balaban J connectivity index is 4.56. The average Bonchev–Trinajstić information content (AvgIpc) is 3.14. The largest absolute Gasteiger partial charge is 0.480 e. The van der Waals surface area contributed by atoms with E-state index < -0.39 is 24.5 Å². The van der Waals surface area contributed by atoms with Crippen molar-refractivity contribution < 1.29 is 34.1 Å². The fourth-order valence-corrected chi connectivity index (χ4v) is 5.60. The maximum Gasteiger partial charge on any atom is 0.328 e. The maximum absolute atomic E-state index is 12.7. The smallest absolute Gasteiger partial charge is 0.328 e. The molecule has 2 unspecified atom stereocenters. The van der Waals surface area contributed by atoms with Gasteiger partial charge in [0.1, 0.15) is 12.1 Å². The van der Waals surface area contributed by atoms with E-state index in [0.29, 0.717) is 25.7 Å². The third kappa shape index (κ3) is 35.3. The van der Waals surface area contributed by atoms with Gasteiger partial charge in [-0.15, -0.1) is 0 Å². The number of nitrogens with one attached hydrogen (secondary N) is 2. The summed E-state index contributed by atoms with van der Waals surface area (Å²) in [5, 5.41) is 22.6. The molecule has 4 N–H and O–H groups in total. The lowest BCUT2D eigenvalue weighted by atomic mass is 10.0. The van der Waals surface area contributed by atoms with Crippen LogP contribution in [0, 0.1) is 0 Å². The van der Waals surface area contributed by atoms with Crippen LogP contribution >= 0.6 is 0 Å². The summed E-state index contributed by atoms with van der Waals surface area (Å²) < 4.78 is 5.84. The van der Waals surface area contributed by atoms with Crippen LogP contribution in [0.1, 0.15) is 168 Å². The second-order valence-corrected chi connectivity index (χ2v) is 13.7. The van der Waals surface area contributed by atoms with Crippen LogP contribution in [0.3, 0.4) is 0 Å². The minimum atomic E-state index is -1.41. The summed E-state index contributed by atoms with van der Waals surface area (Å²) in [5.74, 6) is -2.57. The quantitative estimate of drug-likeness (QED) is 0.0284. The molecule has 0 aliphatic heterocycles. The minimum Gasteiger partial charge on any atom is -0.480 e. The number of esters is 1. The normalized spacial score (nSPS) is 13.1. The number of carbonyl (C=O) groups excluding carboxylic acids is 3. The third-order valence-corrected chi connectivity index (χ3v) is 8.76. The van der Waals surface area contributed by atoms with E-state index in [1.54, 1.807) is 0 Å². The van der Waals surface area contributed by atoms with Crippen molar-refractivity contribution in [2.24, 2.45) is 0 Å². The second kappa shape index (κ2) is 38.3. The Morgan fingerprint density at radius 2 is 1.06 bits per heavy atom. The number of aliphatic hydroxyl groups is 1. The molecule has 9 heteroatoms. The molecule has 0 heterocycles. The number of ether oxygens (including phenoxy) is 1. The minimum absolute atomic E-state index is 0.182. The van der Waals surface area contributed by atoms with Crippen molar-refractivity contribution in [2.45, 2.75) is 180 Å².